The van der Waals surface area contributed by atoms with E-state index in [-0.39, 0.29) is 25.0 Å². The van der Waals surface area contributed by atoms with E-state index in [9.17, 15) is 9.59 Å². The molecule has 21 heavy (non-hydrogen) atoms. The smallest absolute Gasteiger partial charge is 0.322 e. The zero-order valence-corrected chi connectivity index (χ0v) is 11.9. The van der Waals surface area contributed by atoms with Crippen LogP contribution in [-0.4, -0.2) is 46.2 Å². The molecule has 1 heterocycles. The topological polar surface area (TPSA) is 91.8 Å². The number of pyridine rings is 1. The summed E-state index contributed by atoms with van der Waals surface area (Å²) < 4.78 is 5.23. The van der Waals surface area contributed by atoms with Crippen molar-refractivity contribution in [1.29, 1.82) is 0 Å². The zero-order valence-electron chi connectivity index (χ0n) is 11.9. The molecule has 0 aliphatic heterocycles. The highest BCUT2D eigenvalue weighted by Crippen LogP contribution is 2.27. The van der Waals surface area contributed by atoms with Crippen LogP contribution in [-0.2, 0) is 4.79 Å². The van der Waals surface area contributed by atoms with Crippen LogP contribution >= 0.6 is 0 Å². The number of ether oxygens (including phenoxy) is 1. The monoisotopic (exact) mass is 293 g/mol. The summed E-state index contributed by atoms with van der Waals surface area (Å²) in [5, 5.41) is 11.5. The summed E-state index contributed by atoms with van der Waals surface area (Å²) in [5.41, 5.74) is 0.560. The molecule has 7 nitrogen and oxygen atoms in total. The number of rotatable bonds is 7. The summed E-state index contributed by atoms with van der Waals surface area (Å²) in [6, 6.07) is 3.25. The molecule has 1 aromatic rings. The molecule has 0 aromatic carbocycles. The number of anilines is 1. The molecule has 1 fully saturated rings. The summed E-state index contributed by atoms with van der Waals surface area (Å²) in [7, 11) is 0. The summed E-state index contributed by atoms with van der Waals surface area (Å²) >= 11 is 0. The predicted octanol–water partition coefficient (Wildman–Crippen LogP) is 1.95. The fraction of sp³-hybridized carbons (Fsp3) is 0.500. The number of hydrogen-bond donors (Lipinski definition) is 2. The number of amides is 2. The Labute approximate surface area is 122 Å². The van der Waals surface area contributed by atoms with Gasteiger partial charge in [0.15, 0.2) is 0 Å². The molecule has 0 bridgehead atoms. The average molecular weight is 293 g/mol. The van der Waals surface area contributed by atoms with E-state index in [0.717, 1.165) is 12.8 Å². The molecule has 114 valence electrons. The molecule has 1 saturated carbocycles. The SMILES string of the molecule is CCOc1ccc(NC(=O)N(CCC(=O)O)C2CC2)cn1. The van der Waals surface area contributed by atoms with E-state index < -0.39 is 5.97 Å². The molecule has 2 rings (SSSR count). The van der Waals surface area contributed by atoms with Crippen LogP contribution in [0.1, 0.15) is 26.2 Å². The van der Waals surface area contributed by atoms with Gasteiger partial charge >= 0.3 is 12.0 Å². The maximum atomic E-state index is 12.2. The van der Waals surface area contributed by atoms with Crippen molar-refractivity contribution < 1.29 is 19.4 Å². The van der Waals surface area contributed by atoms with E-state index in [1.54, 1.807) is 17.0 Å². The van der Waals surface area contributed by atoms with E-state index in [0.29, 0.717) is 18.2 Å². The highest BCUT2D eigenvalue weighted by Gasteiger charge is 2.32. The summed E-state index contributed by atoms with van der Waals surface area (Å²) in [6.45, 7) is 2.62. The van der Waals surface area contributed by atoms with Crippen molar-refractivity contribution >= 4 is 17.7 Å². The Balaban J connectivity index is 1.92. The minimum atomic E-state index is -0.906. The lowest BCUT2D eigenvalue weighted by atomic mass is 10.3. The van der Waals surface area contributed by atoms with Gasteiger partial charge in [0.1, 0.15) is 0 Å². The fourth-order valence-electron chi connectivity index (χ4n) is 1.94. The highest BCUT2D eigenvalue weighted by atomic mass is 16.5. The van der Waals surface area contributed by atoms with Gasteiger partial charge < -0.3 is 20.1 Å². The summed E-state index contributed by atoms with van der Waals surface area (Å²) in [4.78, 5) is 28.5. The lowest BCUT2D eigenvalue weighted by Gasteiger charge is -2.22. The lowest BCUT2D eigenvalue weighted by Crippen LogP contribution is -2.38. The van der Waals surface area contributed by atoms with Crippen LogP contribution in [0.4, 0.5) is 10.5 Å². The third-order valence-electron chi connectivity index (χ3n) is 3.09. The number of carbonyl (C=O) groups excluding carboxylic acids is 1. The van der Waals surface area contributed by atoms with E-state index in [4.69, 9.17) is 9.84 Å². The van der Waals surface area contributed by atoms with Crippen LogP contribution in [0.25, 0.3) is 0 Å². The molecule has 1 aromatic heterocycles. The second kappa shape index (κ2) is 6.92. The van der Waals surface area contributed by atoms with Gasteiger partial charge in [0, 0.05) is 18.7 Å². The molecule has 0 radical (unpaired) electrons. The van der Waals surface area contributed by atoms with E-state index in [1.165, 1.54) is 6.20 Å². The second-order valence-corrected chi connectivity index (χ2v) is 4.82. The molecule has 2 amide bonds. The summed E-state index contributed by atoms with van der Waals surface area (Å²) in [6.07, 6.45) is 3.32. The molecule has 1 aliphatic carbocycles. The first-order valence-corrected chi connectivity index (χ1v) is 6.98. The molecular weight excluding hydrogens is 274 g/mol. The molecular formula is C14H19N3O4. The van der Waals surface area contributed by atoms with Gasteiger partial charge in [-0.05, 0) is 25.8 Å². The molecule has 0 spiro atoms. The Kier molecular flexibility index (Phi) is 4.97. The number of carboxylic acids is 1. The minimum Gasteiger partial charge on any atom is -0.481 e. The molecule has 0 atom stereocenters. The Morgan fingerprint density at radius 3 is 2.76 bits per heavy atom. The number of urea groups is 1. The van der Waals surface area contributed by atoms with E-state index >= 15 is 0 Å². The van der Waals surface area contributed by atoms with Gasteiger partial charge in [-0.2, -0.15) is 0 Å². The van der Waals surface area contributed by atoms with Crippen molar-refractivity contribution in [2.24, 2.45) is 0 Å². The van der Waals surface area contributed by atoms with Crippen molar-refractivity contribution in [1.82, 2.24) is 9.88 Å². The number of hydrogen-bond acceptors (Lipinski definition) is 4. The normalized spacial score (nSPS) is 13.6. The van der Waals surface area contributed by atoms with Gasteiger partial charge in [0.2, 0.25) is 5.88 Å². The maximum Gasteiger partial charge on any atom is 0.322 e. The van der Waals surface area contributed by atoms with Crippen molar-refractivity contribution in [3.05, 3.63) is 18.3 Å². The van der Waals surface area contributed by atoms with Gasteiger partial charge in [-0.1, -0.05) is 0 Å². The van der Waals surface area contributed by atoms with Crippen LogP contribution in [0.2, 0.25) is 0 Å². The Hall–Kier alpha value is -2.31. The number of aromatic nitrogens is 1. The first-order valence-electron chi connectivity index (χ1n) is 6.98. The Morgan fingerprint density at radius 2 is 2.24 bits per heavy atom. The number of aliphatic carboxylic acids is 1. The van der Waals surface area contributed by atoms with Crippen molar-refractivity contribution in [3.8, 4) is 5.88 Å². The number of nitrogens with one attached hydrogen (secondary N) is 1. The minimum absolute atomic E-state index is 0.0502. The fourth-order valence-corrected chi connectivity index (χ4v) is 1.94. The van der Waals surface area contributed by atoms with Crippen molar-refractivity contribution in [3.63, 3.8) is 0 Å². The average Bonchev–Trinajstić information content (AvgIpc) is 3.26. The first kappa shape index (κ1) is 15.1. The number of carboxylic acid groups (broad SMARTS) is 1. The van der Waals surface area contributed by atoms with Crippen LogP contribution < -0.4 is 10.1 Å². The van der Waals surface area contributed by atoms with Crippen LogP contribution in [0.5, 0.6) is 5.88 Å². The molecule has 0 unspecified atom stereocenters. The first-order chi connectivity index (χ1) is 10.1. The third-order valence-corrected chi connectivity index (χ3v) is 3.09. The van der Waals surface area contributed by atoms with Gasteiger partial charge in [-0.25, -0.2) is 9.78 Å². The Morgan fingerprint density at radius 1 is 1.48 bits per heavy atom. The predicted molar refractivity (Wildman–Crippen MR) is 76.4 cm³/mol. The van der Waals surface area contributed by atoms with Gasteiger partial charge in [-0.3, -0.25) is 4.79 Å². The standard InChI is InChI=1S/C14H19N3O4/c1-2-21-12-6-3-10(9-15-12)16-14(20)17(11-4-5-11)8-7-13(18)19/h3,6,9,11H,2,4-5,7-8H2,1H3,(H,16,20)(H,18,19). The highest BCUT2D eigenvalue weighted by molar-refractivity contribution is 5.89. The van der Waals surface area contributed by atoms with Crippen molar-refractivity contribution in [2.45, 2.75) is 32.2 Å². The van der Waals surface area contributed by atoms with E-state index in [2.05, 4.69) is 10.3 Å². The largest absolute Gasteiger partial charge is 0.481 e. The maximum absolute atomic E-state index is 12.2. The zero-order chi connectivity index (χ0) is 15.2. The van der Waals surface area contributed by atoms with Crippen LogP contribution in [0, 0.1) is 0 Å². The number of carbonyl (C=O) groups is 2. The number of nitrogens with zero attached hydrogens (tertiary/aromatic N) is 2. The molecule has 0 saturated heterocycles. The van der Waals surface area contributed by atoms with Gasteiger partial charge in [0.05, 0.1) is 24.9 Å². The molecule has 1 aliphatic rings. The van der Waals surface area contributed by atoms with E-state index in [1.807, 2.05) is 6.92 Å². The lowest BCUT2D eigenvalue weighted by molar-refractivity contribution is -0.137. The van der Waals surface area contributed by atoms with Gasteiger partial charge in [-0.15, -0.1) is 0 Å². The molecule has 7 heteroatoms. The van der Waals surface area contributed by atoms with Crippen LogP contribution in [0.15, 0.2) is 18.3 Å². The molecule has 2 N–H and O–H groups in total. The van der Waals surface area contributed by atoms with Gasteiger partial charge in [0.25, 0.3) is 0 Å². The quantitative estimate of drug-likeness (QED) is 0.801. The van der Waals surface area contributed by atoms with Crippen molar-refractivity contribution in [2.75, 3.05) is 18.5 Å². The van der Waals surface area contributed by atoms with Crippen LogP contribution in [0.3, 0.4) is 0 Å². The second-order valence-electron chi connectivity index (χ2n) is 4.82. The summed E-state index contributed by atoms with van der Waals surface area (Å²) in [5.74, 6) is -0.406. The third kappa shape index (κ3) is 4.62. The Bertz CT molecular complexity index is 499.